The van der Waals surface area contributed by atoms with Gasteiger partial charge in [0.1, 0.15) is 0 Å². The Kier molecular flexibility index (Phi) is 5.38. The number of primary amides is 1. The summed E-state index contributed by atoms with van der Waals surface area (Å²) in [5.41, 5.74) is 9.22. The topological polar surface area (TPSA) is 76.3 Å². The summed E-state index contributed by atoms with van der Waals surface area (Å²) in [6.45, 7) is 1.43. The highest BCUT2D eigenvalue weighted by atomic mass is 16.2. The Bertz CT molecular complexity index is 1030. The lowest BCUT2D eigenvalue weighted by Gasteiger charge is -2.32. The number of likely N-dealkylation sites (tertiary alicyclic amines) is 1. The first kappa shape index (κ1) is 18.9. The molecule has 0 radical (unpaired) electrons. The number of carbonyl (C=O) groups is 2. The summed E-state index contributed by atoms with van der Waals surface area (Å²) in [6, 6.07) is 22.5. The molecule has 3 aromatic rings. The van der Waals surface area contributed by atoms with Crippen LogP contribution in [0.2, 0.25) is 0 Å². The Morgan fingerprint density at radius 2 is 1.69 bits per heavy atom. The van der Waals surface area contributed by atoms with Gasteiger partial charge in [-0.1, -0.05) is 36.4 Å². The standard InChI is InChI=1S/C24H23N3O2/c25-23(28)19-10-4-9-18(15-19)21-12-5-13-22(26-21)20-11-6-14-27(16-20)24(29)17-7-2-1-3-8-17/h1-5,7-10,12-13,15,20H,6,11,14,16H2,(H2,25,28)/t20-/m1/s1. The molecule has 29 heavy (non-hydrogen) atoms. The third-order valence-electron chi connectivity index (χ3n) is 5.36. The van der Waals surface area contributed by atoms with Crippen molar-refractivity contribution in [2.45, 2.75) is 18.8 Å². The quantitative estimate of drug-likeness (QED) is 0.741. The molecule has 0 saturated carbocycles. The first-order valence-electron chi connectivity index (χ1n) is 9.83. The van der Waals surface area contributed by atoms with Crippen LogP contribution < -0.4 is 5.73 Å². The number of nitrogens with two attached hydrogens (primary N) is 1. The molecule has 1 aromatic heterocycles. The first-order valence-corrected chi connectivity index (χ1v) is 9.83. The van der Waals surface area contributed by atoms with Crippen molar-refractivity contribution in [2.24, 2.45) is 5.73 Å². The SMILES string of the molecule is NC(=O)c1cccc(-c2cccc([C@@H]3CCCN(C(=O)c4ccccc4)C3)n2)c1. The zero-order chi connectivity index (χ0) is 20.2. The summed E-state index contributed by atoms with van der Waals surface area (Å²) >= 11 is 0. The summed E-state index contributed by atoms with van der Waals surface area (Å²) in [4.78, 5) is 31.1. The Balaban J connectivity index is 1.56. The molecule has 2 heterocycles. The molecule has 1 aliphatic heterocycles. The van der Waals surface area contributed by atoms with E-state index >= 15 is 0 Å². The molecule has 5 nitrogen and oxygen atoms in total. The molecule has 0 unspecified atom stereocenters. The Morgan fingerprint density at radius 1 is 0.931 bits per heavy atom. The lowest BCUT2D eigenvalue weighted by Crippen LogP contribution is -2.39. The third kappa shape index (κ3) is 4.19. The molecule has 1 aliphatic rings. The van der Waals surface area contributed by atoms with Crippen LogP contribution in [0.1, 0.15) is 45.2 Å². The Hall–Kier alpha value is -3.47. The van der Waals surface area contributed by atoms with Gasteiger partial charge in [0.25, 0.3) is 5.91 Å². The van der Waals surface area contributed by atoms with Crippen molar-refractivity contribution in [3.05, 3.63) is 89.6 Å². The minimum atomic E-state index is -0.453. The number of hydrogen-bond acceptors (Lipinski definition) is 3. The van der Waals surface area contributed by atoms with E-state index in [0.29, 0.717) is 12.1 Å². The van der Waals surface area contributed by atoms with Crippen LogP contribution in [0, 0.1) is 0 Å². The number of hydrogen-bond donors (Lipinski definition) is 1. The van der Waals surface area contributed by atoms with Crippen LogP contribution in [0.3, 0.4) is 0 Å². The monoisotopic (exact) mass is 385 g/mol. The number of carbonyl (C=O) groups excluding carboxylic acids is 2. The molecule has 0 bridgehead atoms. The van der Waals surface area contributed by atoms with Crippen molar-refractivity contribution >= 4 is 11.8 Å². The molecule has 146 valence electrons. The molecule has 1 atom stereocenters. The maximum Gasteiger partial charge on any atom is 0.253 e. The highest BCUT2D eigenvalue weighted by Gasteiger charge is 2.26. The fourth-order valence-corrected chi connectivity index (χ4v) is 3.84. The van der Waals surface area contributed by atoms with Crippen LogP contribution in [0.4, 0.5) is 0 Å². The Labute approximate surface area is 170 Å². The average molecular weight is 385 g/mol. The number of piperidine rings is 1. The van der Waals surface area contributed by atoms with Crippen molar-refractivity contribution < 1.29 is 9.59 Å². The van der Waals surface area contributed by atoms with Crippen molar-refractivity contribution in [3.8, 4) is 11.3 Å². The number of benzene rings is 2. The van der Waals surface area contributed by atoms with Crippen molar-refractivity contribution in [2.75, 3.05) is 13.1 Å². The lowest BCUT2D eigenvalue weighted by molar-refractivity contribution is 0.0705. The molecule has 5 heteroatoms. The molecular weight excluding hydrogens is 362 g/mol. The molecular formula is C24H23N3O2. The van der Waals surface area contributed by atoms with Gasteiger partial charge in [0, 0.05) is 41.4 Å². The molecule has 2 amide bonds. The van der Waals surface area contributed by atoms with Crippen LogP contribution in [0.5, 0.6) is 0 Å². The second kappa shape index (κ2) is 8.27. The van der Waals surface area contributed by atoms with Crippen LogP contribution in [0.15, 0.2) is 72.8 Å². The van der Waals surface area contributed by atoms with Crippen LogP contribution in [0.25, 0.3) is 11.3 Å². The zero-order valence-electron chi connectivity index (χ0n) is 16.1. The summed E-state index contributed by atoms with van der Waals surface area (Å²) in [7, 11) is 0. The number of amides is 2. The predicted octanol–water partition coefficient (Wildman–Crippen LogP) is 3.87. The summed E-state index contributed by atoms with van der Waals surface area (Å²) in [5.74, 6) is -0.193. The van der Waals surface area contributed by atoms with Crippen molar-refractivity contribution in [1.29, 1.82) is 0 Å². The highest BCUT2D eigenvalue weighted by Crippen LogP contribution is 2.28. The maximum absolute atomic E-state index is 12.8. The van der Waals surface area contributed by atoms with E-state index in [-0.39, 0.29) is 11.8 Å². The van der Waals surface area contributed by atoms with Crippen LogP contribution in [-0.2, 0) is 0 Å². The van der Waals surface area contributed by atoms with Gasteiger partial charge in [-0.15, -0.1) is 0 Å². The molecule has 2 aromatic carbocycles. The van der Waals surface area contributed by atoms with E-state index in [4.69, 9.17) is 10.7 Å². The van der Waals surface area contributed by atoms with Gasteiger partial charge in [-0.25, -0.2) is 0 Å². The molecule has 4 rings (SSSR count). The van der Waals surface area contributed by atoms with Gasteiger partial charge in [0.05, 0.1) is 5.69 Å². The van der Waals surface area contributed by atoms with Gasteiger partial charge in [0.2, 0.25) is 5.91 Å². The average Bonchev–Trinajstić information content (AvgIpc) is 2.79. The van der Waals surface area contributed by atoms with E-state index in [9.17, 15) is 9.59 Å². The number of pyridine rings is 1. The van der Waals surface area contributed by atoms with Gasteiger partial charge in [-0.05, 0) is 49.2 Å². The van der Waals surface area contributed by atoms with Crippen LogP contribution >= 0.6 is 0 Å². The molecule has 2 N–H and O–H groups in total. The van der Waals surface area contributed by atoms with Gasteiger partial charge in [0.15, 0.2) is 0 Å². The molecule has 0 spiro atoms. The fourth-order valence-electron chi connectivity index (χ4n) is 3.84. The zero-order valence-corrected chi connectivity index (χ0v) is 16.1. The summed E-state index contributed by atoms with van der Waals surface area (Å²) in [6.07, 6.45) is 1.95. The van der Waals surface area contributed by atoms with E-state index in [0.717, 1.165) is 41.9 Å². The predicted molar refractivity (Wildman–Crippen MR) is 113 cm³/mol. The number of nitrogens with zero attached hydrogens (tertiary/aromatic N) is 2. The minimum Gasteiger partial charge on any atom is -0.366 e. The maximum atomic E-state index is 12.8. The van der Waals surface area contributed by atoms with Crippen molar-refractivity contribution in [1.82, 2.24) is 9.88 Å². The highest BCUT2D eigenvalue weighted by molar-refractivity contribution is 5.94. The lowest BCUT2D eigenvalue weighted by atomic mass is 9.93. The largest absolute Gasteiger partial charge is 0.366 e. The van der Waals surface area contributed by atoms with Gasteiger partial charge < -0.3 is 10.6 Å². The smallest absolute Gasteiger partial charge is 0.253 e. The van der Waals surface area contributed by atoms with E-state index < -0.39 is 5.91 Å². The van der Waals surface area contributed by atoms with E-state index in [2.05, 4.69) is 0 Å². The summed E-state index contributed by atoms with van der Waals surface area (Å²) < 4.78 is 0. The van der Waals surface area contributed by atoms with Crippen molar-refractivity contribution in [3.63, 3.8) is 0 Å². The molecule has 1 saturated heterocycles. The van der Waals surface area contributed by atoms with Gasteiger partial charge in [-0.3, -0.25) is 14.6 Å². The molecule has 0 aliphatic carbocycles. The van der Waals surface area contributed by atoms with E-state index in [1.165, 1.54) is 0 Å². The number of aromatic nitrogens is 1. The second-order valence-corrected chi connectivity index (χ2v) is 7.35. The fraction of sp³-hybridized carbons (Fsp3) is 0.208. The number of rotatable bonds is 4. The normalized spacial score (nSPS) is 16.4. The second-order valence-electron chi connectivity index (χ2n) is 7.35. The molecule has 1 fully saturated rings. The Morgan fingerprint density at radius 3 is 2.48 bits per heavy atom. The third-order valence-corrected chi connectivity index (χ3v) is 5.36. The summed E-state index contributed by atoms with van der Waals surface area (Å²) in [5, 5.41) is 0. The van der Waals surface area contributed by atoms with Gasteiger partial charge >= 0.3 is 0 Å². The van der Waals surface area contributed by atoms with E-state index in [1.54, 1.807) is 12.1 Å². The minimum absolute atomic E-state index is 0.0700. The van der Waals surface area contributed by atoms with E-state index in [1.807, 2.05) is 65.6 Å². The first-order chi connectivity index (χ1) is 14.1. The van der Waals surface area contributed by atoms with Crippen LogP contribution in [-0.4, -0.2) is 34.8 Å². The van der Waals surface area contributed by atoms with Gasteiger partial charge in [-0.2, -0.15) is 0 Å².